The van der Waals surface area contributed by atoms with E-state index in [9.17, 15) is 14.4 Å². The van der Waals surface area contributed by atoms with Crippen LogP contribution in [0.4, 0.5) is 9.93 Å². The maximum atomic E-state index is 12.5. The zero-order valence-electron chi connectivity index (χ0n) is 15.6. The second kappa shape index (κ2) is 9.77. The molecular formula is C20H13BrN4O3S3. The number of nitrogens with zero attached hydrogens (tertiary/aromatic N) is 2. The van der Waals surface area contributed by atoms with E-state index in [-0.39, 0.29) is 5.91 Å². The van der Waals surface area contributed by atoms with Crippen LogP contribution >= 0.6 is 50.8 Å². The Hall–Kier alpha value is -2.47. The third-order valence-corrected chi connectivity index (χ3v) is 7.40. The van der Waals surface area contributed by atoms with Gasteiger partial charge in [-0.25, -0.2) is 0 Å². The topological polar surface area (TPSA) is 101 Å². The van der Waals surface area contributed by atoms with Gasteiger partial charge in [0.2, 0.25) is 5.13 Å². The van der Waals surface area contributed by atoms with Gasteiger partial charge in [-0.2, -0.15) is 0 Å². The van der Waals surface area contributed by atoms with Gasteiger partial charge in [-0.3, -0.25) is 25.0 Å². The molecule has 0 aliphatic carbocycles. The van der Waals surface area contributed by atoms with Crippen LogP contribution in [0, 0.1) is 0 Å². The van der Waals surface area contributed by atoms with E-state index in [4.69, 9.17) is 0 Å². The van der Waals surface area contributed by atoms with Gasteiger partial charge in [0.25, 0.3) is 17.1 Å². The third-order valence-electron chi connectivity index (χ3n) is 4.02. The predicted octanol–water partition coefficient (Wildman–Crippen LogP) is 5.17. The van der Waals surface area contributed by atoms with Crippen LogP contribution in [0.5, 0.6) is 0 Å². The van der Waals surface area contributed by atoms with Crippen molar-refractivity contribution in [1.82, 2.24) is 15.5 Å². The first-order valence-electron chi connectivity index (χ1n) is 8.83. The minimum Gasteiger partial charge on any atom is -0.296 e. The zero-order chi connectivity index (χ0) is 21.8. The molecule has 7 nitrogen and oxygen atoms in total. The predicted molar refractivity (Wildman–Crippen MR) is 127 cm³/mol. The number of hydrogen-bond acceptors (Lipinski definition) is 8. The van der Waals surface area contributed by atoms with Crippen molar-refractivity contribution in [1.29, 1.82) is 0 Å². The molecule has 0 saturated carbocycles. The molecule has 0 radical (unpaired) electrons. The molecule has 2 aromatic carbocycles. The van der Waals surface area contributed by atoms with Crippen LogP contribution in [0.15, 0.2) is 62.2 Å². The molecule has 1 aromatic heterocycles. The summed E-state index contributed by atoms with van der Waals surface area (Å²) in [5.41, 5.74) is 2.33. The van der Waals surface area contributed by atoms with Gasteiger partial charge in [0.05, 0.1) is 4.91 Å². The minimum absolute atomic E-state index is 0.303. The number of hydrogen-bond donors (Lipinski definition) is 2. The molecule has 3 aromatic rings. The van der Waals surface area contributed by atoms with Crippen molar-refractivity contribution in [3.63, 3.8) is 0 Å². The number of benzene rings is 2. The Morgan fingerprint density at radius 3 is 2.52 bits per heavy atom. The van der Waals surface area contributed by atoms with Crippen molar-refractivity contribution in [2.75, 3.05) is 5.32 Å². The van der Waals surface area contributed by atoms with Gasteiger partial charge in [0, 0.05) is 15.8 Å². The van der Waals surface area contributed by atoms with E-state index in [2.05, 4.69) is 36.8 Å². The molecule has 0 atom stereocenters. The number of thioether (sulfide) groups is 2. The molecule has 3 amide bonds. The SMILES string of the molecule is O=C1NC(=O)/C(=C\c2ccc(C(=O)Nc3nnc(SCc4ccc(Br)cc4)s3)cc2)S1. The van der Waals surface area contributed by atoms with E-state index in [1.807, 2.05) is 24.3 Å². The van der Waals surface area contributed by atoms with Gasteiger partial charge in [-0.1, -0.05) is 63.3 Å². The minimum atomic E-state index is -0.415. The number of halogens is 1. The highest BCUT2D eigenvalue weighted by atomic mass is 79.9. The molecule has 1 fully saturated rings. The van der Waals surface area contributed by atoms with E-state index in [1.54, 1.807) is 42.1 Å². The lowest BCUT2D eigenvalue weighted by Gasteiger charge is -2.02. The lowest BCUT2D eigenvalue weighted by molar-refractivity contribution is -0.115. The Kier molecular flexibility index (Phi) is 6.86. The second-order valence-electron chi connectivity index (χ2n) is 6.22. The van der Waals surface area contributed by atoms with Crippen LogP contribution in [0.2, 0.25) is 0 Å². The molecule has 1 aliphatic heterocycles. The largest absolute Gasteiger partial charge is 0.296 e. The molecule has 1 aliphatic rings. The molecule has 156 valence electrons. The van der Waals surface area contributed by atoms with Crippen molar-refractivity contribution in [3.05, 3.63) is 74.6 Å². The Balaban J connectivity index is 1.34. The van der Waals surface area contributed by atoms with Crippen LogP contribution < -0.4 is 10.6 Å². The molecule has 0 unspecified atom stereocenters. The standard InChI is InChI=1S/C20H13BrN4O3S3/c21-14-7-3-12(4-8-14)10-29-20-25-24-18(31-20)22-16(26)13-5-1-11(2-6-13)9-15-17(27)23-19(28)30-15/h1-9H,10H2,(H,22,24,26)(H,23,27,28)/b15-9+. The smallest absolute Gasteiger partial charge is 0.290 e. The molecule has 0 bridgehead atoms. The highest BCUT2D eigenvalue weighted by molar-refractivity contribution is 9.10. The van der Waals surface area contributed by atoms with Crippen molar-refractivity contribution >= 4 is 79.1 Å². The van der Waals surface area contributed by atoms with Crippen LogP contribution in [-0.4, -0.2) is 27.3 Å². The Morgan fingerprint density at radius 1 is 1.10 bits per heavy atom. The van der Waals surface area contributed by atoms with Crippen molar-refractivity contribution in [3.8, 4) is 0 Å². The Labute approximate surface area is 198 Å². The van der Waals surface area contributed by atoms with Crippen molar-refractivity contribution < 1.29 is 14.4 Å². The normalized spacial score (nSPS) is 14.7. The first kappa shape index (κ1) is 21.8. The maximum absolute atomic E-state index is 12.5. The van der Waals surface area contributed by atoms with Crippen LogP contribution in [0.25, 0.3) is 6.08 Å². The second-order valence-corrected chi connectivity index (χ2v) is 10.3. The summed E-state index contributed by atoms with van der Waals surface area (Å²) in [7, 11) is 0. The summed E-state index contributed by atoms with van der Waals surface area (Å²) in [6, 6.07) is 14.8. The molecule has 2 heterocycles. The van der Waals surface area contributed by atoms with Crippen molar-refractivity contribution in [2.45, 2.75) is 10.1 Å². The lowest BCUT2D eigenvalue weighted by Crippen LogP contribution is -2.17. The van der Waals surface area contributed by atoms with Gasteiger partial charge in [0.1, 0.15) is 0 Å². The van der Waals surface area contributed by atoms with E-state index in [0.717, 1.165) is 26.3 Å². The van der Waals surface area contributed by atoms with Crippen LogP contribution in [0.1, 0.15) is 21.5 Å². The first-order valence-corrected chi connectivity index (χ1v) is 12.2. The van der Waals surface area contributed by atoms with Gasteiger partial charge < -0.3 is 0 Å². The van der Waals surface area contributed by atoms with Gasteiger partial charge >= 0.3 is 0 Å². The number of aromatic nitrogens is 2. The number of nitrogens with one attached hydrogen (secondary N) is 2. The molecule has 31 heavy (non-hydrogen) atoms. The highest BCUT2D eigenvalue weighted by Gasteiger charge is 2.24. The van der Waals surface area contributed by atoms with Crippen molar-refractivity contribution in [2.24, 2.45) is 0 Å². The fourth-order valence-corrected chi connectivity index (χ4v) is 5.17. The van der Waals surface area contributed by atoms with Gasteiger partial charge in [-0.05, 0) is 53.2 Å². The van der Waals surface area contributed by atoms with Crippen LogP contribution in [0.3, 0.4) is 0 Å². The summed E-state index contributed by atoms with van der Waals surface area (Å²) in [5, 5.41) is 13.1. The molecular weight excluding hydrogens is 520 g/mol. The fraction of sp³-hybridized carbons (Fsp3) is 0.0500. The molecule has 4 rings (SSSR count). The summed E-state index contributed by atoms with van der Waals surface area (Å²) in [4.78, 5) is 35.6. The Bertz CT molecular complexity index is 1180. The zero-order valence-corrected chi connectivity index (χ0v) is 19.7. The Morgan fingerprint density at radius 2 is 1.84 bits per heavy atom. The fourth-order valence-electron chi connectivity index (χ4n) is 2.52. The summed E-state index contributed by atoms with van der Waals surface area (Å²) in [5.74, 6) is 0.0410. The van der Waals surface area contributed by atoms with Gasteiger partial charge in [-0.15, -0.1) is 10.2 Å². The summed E-state index contributed by atoms with van der Waals surface area (Å²) in [6.45, 7) is 0. The average Bonchev–Trinajstić information content (AvgIpc) is 3.33. The molecule has 0 spiro atoms. The highest BCUT2D eigenvalue weighted by Crippen LogP contribution is 2.29. The van der Waals surface area contributed by atoms with E-state index in [1.165, 1.54) is 16.9 Å². The number of imide groups is 1. The van der Waals surface area contributed by atoms with Gasteiger partial charge in [0.15, 0.2) is 4.34 Å². The summed E-state index contributed by atoms with van der Waals surface area (Å²) < 4.78 is 1.80. The lowest BCUT2D eigenvalue weighted by atomic mass is 10.1. The number of amides is 3. The first-order chi connectivity index (χ1) is 15.0. The molecule has 2 N–H and O–H groups in total. The van der Waals surface area contributed by atoms with E-state index < -0.39 is 11.1 Å². The quantitative estimate of drug-likeness (QED) is 0.256. The number of anilines is 1. The number of rotatable bonds is 6. The molecule has 11 heteroatoms. The summed E-state index contributed by atoms with van der Waals surface area (Å²) >= 11 is 7.13. The third kappa shape index (κ3) is 5.82. The summed E-state index contributed by atoms with van der Waals surface area (Å²) in [6.07, 6.45) is 1.60. The van der Waals surface area contributed by atoms with E-state index >= 15 is 0 Å². The van der Waals surface area contributed by atoms with Crippen LogP contribution in [-0.2, 0) is 10.5 Å². The average molecular weight is 533 g/mol. The molecule has 1 saturated heterocycles. The monoisotopic (exact) mass is 532 g/mol. The number of carbonyl (C=O) groups is 3. The maximum Gasteiger partial charge on any atom is 0.290 e. The van der Waals surface area contributed by atoms with E-state index in [0.29, 0.717) is 21.2 Å². The number of carbonyl (C=O) groups excluding carboxylic acids is 3.